The van der Waals surface area contributed by atoms with Crippen LogP contribution in [0.15, 0.2) is 53.3 Å². The first-order valence-electron chi connectivity index (χ1n) is 9.02. The number of nitrogens with one attached hydrogen (secondary N) is 1. The van der Waals surface area contributed by atoms with Crippen LogP contribution in [-0.2, 0) is 11.2 Å². The van der Waals surface area contributed by atoms with Crippen LogP contribution in [0.5, 0.6) is 0 Å². The molecule has 144 valence electrons. The van der Waals surface area contributed by atoms with E-state index in [9.17, 15) is 19.7 Å². The normalized spacial score (nSPS) is 12.0. The molecule has 2 aromatic carbocycles. The molecular weight excluding hydrogens is 358 g/mol. The number of nitrogens with zero attached hydrogens (tertiary/aromatic N) is 2. The average molecular weight is 379 g/mol. The molecular formula is C21H21N3O4. The molecule has 0 aliphatic heterocycles. The molecule has 1 amide bonds. The molecule has 7 nitrogen and oxygen atoms in total. The zero-order chi connectivity index (χ0) is 20.4. The van der Waals surface area contributed by atoms with Crippen molar-refractivity contribution in [3.8, 4) is 0 Å². The molecule has 1 aromatic heterocycles. The van der Waals surface area contributed by atoms with E-state index < -0.39 is 11.0 Å². The fourth-order valence-electron chi connectivity index (χ4n) is 3.31. The van der Waals surface area contributed by atoms with Crippen LogP contribution in [-0.4, -0.2) is 15.4 Å². The molecule has 0 saturated heterocycles. The highest BCUT2D eigenvalue weighted by molar-refractivity contribution is 5.96. The second-order valence-electron chi connectivity index (χ2n) is 6.67. The number of pyridine rings is 1. The molecule has 0 radical (unpaired) electrons. The van der Waals surface area contributed by atoms with Gasteiger partial charge in [-0.05, 0) is 43.5 Å². The van der Waals surface area contributed by atoms with E-state index >= 15 is 0 Å². The molecule has 1 heterocycles. The van der Waals surface area contributed by atoms with Gasteiger partial charge in [0.25, 0.3) is 11.2 Å². The van der Waals surface area contributed by atoms with Crippen molar-refractivity contribution in [2.24, 2.45) is 0 Å². The third-order valence-electron chi connectivity index (χ3n) is 4.88. The number of aromatic nitrogens is 1. The van der Waals surface area contributed by atoms with Gasteiger partial charge in [0.15, 0.2) is 0 Å². The SMILES string of the molecule is CCc1cccc(C)c1NC(=O)C(C)n1c(=O)ccc2cc([N+](=O)[O-])ccc21. The number of anilines is 1. The molecule has 0 aliphatic rings. The van der Waals surface area contributed by atoms with E-state index in [-0.39, 0.29) is 17.2 Å². The number of amides is 1. The third-order valence-corrected chi connectivity index (χ3v) is 4.88. The van der Waals surface area contributed by atoms with Crippen molar-refractivity contribution in [1.29, 1.82) is 0 Å². The van der Waals surface area contributed by atoms with Gasteiger partial charge in [-0.2, -0.15) is 0 Å². The Hall–Kier alpha value is -3.48. The Morgan fingerprint density at radius 1 is 1.21 bits per heavy atom. The van der Waals surface area contributed by atoms with Gasteiger partial charge in [0, 0.05) is 29.3 Å². The number of para-hydroxylation sites is 1. The molecule has 1 unspecified atom stereocenters. The molecule has 7 heteroatoms. The summed E-state index contributed by atoms with van der Waals surface area (Å²) >= 11 is 0. The molecule has 3 aromatic rings. The summed E-state index contributed by atoms with van der Waals surface area (Å²) < 4.78 is 1.36. The van der Waals surface area contributed by atoms with Gasteiger partial charge in [0.2, 0.25) is 5.91 Å². The lowest BCUT2D eigenvalue weighted by atomic mass is 10.1. The predicted molar refractivity (Wildman–Crippen MR) is 109 cm³/mol. The molecule has 0 bridgehead atoms. The summed E-state index contributed by atoms with van der Waals surface area (Å²) in [6.45, 7) is 5.57. The smallest absolute Gasteiger partial charge is 0.270 e. The highest BCUT2D eigenvalue weighted by Crippen LogP contribution is 2.25. The van der Waals surface area contributed by atoms with Gasteiger partial charge in [0.05, 0.1) is 10.4 Å². The van der Waals surface area contributed by atoms with Gasteiger partial charge in [0.1, 0.15) is 6.04 Å². The first-order chi connectivity index (χ1) is 13.3. The summed E-state index contributed by atoms with van der Waals surface area (Å²) in [6, 6.07) is 12.1. The Morgan fingerprint density at radius 2 is 1.96 bits per heavy atom. The highest BCUT2D eigenvalue weighted by atomic mass is 16.6. The minimum Gasteiger partial charge on any atom is -0.324 e. The summed E-state index contributed by atoms with van der Waals surface area (Å²) in [7, 11) is 0. The maximum absolute atomic E-state index is 12.9. The standard InChI is InChI=1S/C21H21N3O4/c1-4-15-7-5-6-13(2)20(15)22-21(26)14(3)23-18-10-9-17(24(27)28)12-16(18)8-11-19(23)25/h5-12,14H,4H2,1-3H3,(H,22,26). The zero-order valence-corrected chi connectivity index (χ0v) is 15.9. The van der Waals surface area contributed by atoms with Crippen molar-refractivity contribution in [3.05, 3.63) is 80.1 Å². The summed E-state index contributed by atoms with van der Waals surface area (Å²) in [5.74, 6) is -0.322. The summed E-state index contributed by atoms with van der Waals surface area (Å²) in [6.07, 6.45) is 0.767. The minimum atomic E-state index is -0.790. The molecule has 3 rings (SSSR count). The van der Waals surface area contributed by atoms with Crippen LogP contribution in [0.3, 0.4) is 0 Å². The number of hydrogen-bond donors (Lipinski definition) is 1. The largest absolute Gasteiger partial charge is 0.324 e. The van der Waals surface area contributed by atoms with Gasteiger partial charge in [-0.3, -0.25) is 24.3 Å². The predicted octanol–water partition coefficient (Wildman–Crippen LogP) is 3.98. The quantitative estimate of drug-likeness (QED) is 0.536. The fourth-order valence-corrected chi connectivity index (χ4v) is 3.31. The van der Waals surface area contributed by atoms with E-state index in [1.165, 1.54) is 34.9 Å². The summed E-state index contributed by atoms with van der Waals surface area (Å²) in [5, 5.41) is 14.5. The van der Waals surface area contributed by atoms with Gasteiger partial charge < -0.3 is 5.32 Å². The number of aryl methyl sites for hydroxylation is 2. The molecule has 0 saturated carbocycles. The first-order valence-corrected chi connectivity index (χ1v) is 9.02. The van der Waals surface area contributed by atoms with Gasteiger partial charge in [-0.15, -0.1) is 0 Å². The van der Waals surface area contributed by atoms with Crippen molar-refractivity contribution in [1.82, 2.24) is 4.57 Å². The van der Waals surface area contributed by atoms with Crippen LogP contribution in [0.1, 0.15) is 31.0 Å². The Morgan fingerprint density at radius 3 is 2.64 bits per heavy atom. The molecule has 1 N–H and O–H groups in total. The second-order valence-corrected chi connectivity index (χ2v) is 6.67. The number of benzene rings is 2. The maximum Gasteiger partial charge on any atom is 0.270 e. The van der Waals surface area contributed by atoms with Crippen molar-refractivity contribution >= 4 is 28.2 Å². The maximum atomic E-state index is 12.9. The number of nitro groups is 1. The first kappa shape index (κ1) is 19.3. The fraction of sp³-hybridized carbons (Fsp3) is 0.238. The van der Waals surface area contributed by atoms with E-state index in [0.717, 1.165) is 23.2 Å². The Bertz CT molecular complexity index is 1130. The zero-order valence-electron chi connectivity index (χ0n) is 15.9. The summed E-state index contributed by atoms with van der Waals surface area (Å²) in [5.41, 5.74) is 2.78. The number of non-ortho nitro benzene ring substituents is 1. The van der Waals surface area contributed by atoms with Crippen molar-refractivity contribution < 1.29 is 9.72 Å². The lowest BCUT2D eigenvalue weighted by Gasteiger charge is -2.19. The Kier molecular flexibility index (Phi) is 5.26. The molecule has 1 atom stereocenters. The molecule has 0 aliphatic carbocycles. The average Bonchev–Trinajstić information content (AvgIpc) is 2.68. The molecule has 28 heavy (non-hydrogen) atoms. The lowest BCUT2D eigenvalue weighted by molar-refractivity contribution is -0.384. The van der Waals surface area contributed by atoms with E-state index in [2.05, 4.69) is 5.32 Å². The lowest BCUT2D eigenvalue weighted by Crippen LogP contribution is -2.31. The Labute approximate surface area is 161 Å². The molecule has 0 fully saturated rings. The van der Waals surface area contributed by atoms with E-state index in [0.29, 0.717) is 10.9 Å². The minimum absolute atomic E-state index is 0.0673. The van der Waals surface area contributed by atoms with Crippen LogP contribution in [0.4, 0.5) is 11.4 Å². The number of fused-ring (bicyclic) bond motifs is 1. The monoisotopic (exact) mass is 379 g/mol. The van der Waals surface area contributed by atoms with Crippen LogP contribution in [0.2, 0.25) is 0 Å². The van der Waals surface area contributed by atoms with Crippen molar-refractivity contribution in [2.45, 2.75) is 33.2 Å². The number of nitro benzene ring substituents is 1. The van der Waals surface area contributed by atoms with E-state index in [1.54, 1.807) is 6.92 Å². The highest BCUT2D eigenvalue weighted by Gasteiger charge is 2.20. The van der Waals surface area contributed by atoms with Gasteiger partial charge >= 0.3 is 0 Å². The van der Waals surface area contributed by atoms with Crippen LogP contribution in [0.25, 0.3) is 10.9 Å². The van der Waals surface area contributed by atoms with Crippen LogP contribution in [0, 0.1) is 17.0 Å². The second kappa shape index (κ2) is 7.64. The Balaban J connectivity index is 2.02. The van der Waals surface area contributed by atoms with E-state index in [1.807, 2.05) is 32.0 Å². The molecule has 0 spiro atoms. The van der Waals surface area contributed by atoms with Crippen LogP contribution < -0.4 is 10.9 Å². The van der Waals surface area contributed by atoms with E-state index in [4.69, 9.17) is 0 Å². The number of hydrogen-bond acceptors (Lipinski definition) is 4. The van der Waals surface area contributed by atoms with Gasteiger partial charge in [-0.1, -0.05) is 25.1 Å². The van der Waals surface area contributed by atoms with Crippen molar-refractivity contribution in [2.75, 3.05) is 5.32 Å². The van der Waals surface area contributed by atoms with Gasteiger partial charge in [-0.25, -0.2) is 0 Å². The van der Waals surface area contributed by atoms with Crippen LogP contribution >= 0.6 is 0 Å². The number of rotatable bonds is 5. The summed E-state index contributed by atoms with van der Waals surface area (Å²) in [4.78, 5) is 35.9. The topological polar surface area (TPSA) is 94.2 Å². The number of carbonyl (C=O) groups excluding carboxylic acids is 1. The van der Waals surface area contributed by atoms with Crippen molar-refractivity contribution in [3.63, 3.8) is 0 Å². The third kappa shape index (κ3) is 3.51. The number of carbonyl (C=O) groups is 1.